The summed E-state index contributed by atoms with van der Waals surface area (Å²) >= 11 is 0. The first-order valence-corrected chi connectivity index (χ1v) is 36.2. The maximum Gasteiger partial charge on any atom is 0.350 e. The fraction of sp³-hybridized carbons (Fsp3) is 0.613. The van der Waals surface area contributed by atoms with Crippen LogP contribution in [0, 0.1) is 63.1 Å². The van der Waals surface area contributed by atoms with Crippen molar-refractivity contribution in [2.24, 2.45) is 63.1 Å². The molecule has 4 unspecified atom stereocenters. The molecule has 1 saturated heterocycles. The van der Waals surface area contributed by atoms with Gasteiger partial charge in [0.2, 0.25) is 12.0 Å². The average molecular weight is 1380 g/mol. The van der Waals surface area contributed by atoms with Crippen molar-refractivity contribution in [2.75, 3.05) is 13.2 Å². The first kappa shape index (κ1) is 73.7. The van der Waals surface area contributed by atoms with E-state index in [4.69, 9.17) is 33.2 Å². The predicted octanol–water partition coefficient (Wildman–Crippen LogP) is 11.1. The molecule has 1 heterocycles. The van der Waals surface area contributed by atoms with Gasteiger partial charge in [0.15, 0.2) is 17.5 Å². The summed E-state index contributed by atoms with van der Waals surface area (Å²) in [6.07, 6.45) is 1.98. The van der Waals surface area contributed by atoms with Gasteiger partial charge in [-0.15, -0.1) is 0 Å². The minimum absolute atomic E-state index is 0.0217. The molecular weight excluding hydrogens is 1280 g/mol. The third kappa shape index (κ3) is 13.7. The van der Waals surface area contributed by atoms with E-state index in [2.05, 4.69) is 51.3 Å². The SMILES string of the molecule is CC(=O)O[C@H]1C(=O)[C@@]2(C)[C@H]([C@H](OC(=O)c3ccccc3)[C@]3(O)C[C@H](OC(=O)C(OC(=O)CCC(=O)NCC(=O)O[C@H]4CC[C@@]5(C)C(=CCC6C5CC[C@@]5(C)C6CC[C@@H]5[C@H](C)CCCC(C)C)C4)[C@@H](NC(=O)c4ccccc4)c4ccccc4)C(C)=C1C3(C)C)[C@]1(OC(C)=O)CO[C@@H]1C[C@@H]2O. The van der Waals surface area contributed by atoms with E-state index in [1.165, 1.54) is 102 Å². The van der Waals surface area contributed by atoms with E-state index in [-0.39, 0.29) is 52.4 Å². The Morgan fingerprint density at radius 2 is 1.41 bits per heavy atom. The molecule has 100 heavy (non-hydrogen) atoms. The molecule has 0 radical (unpaired) electrons. The minimum atomic E-state index is -2.53. The number of rotatable bonds is 22. The Kier molecular flexibility index (Phi) is 21.4. The molecule has 2 bridgehead atoms. The molecule has 19 atom stereocenters. The smallest absolute Gasteiger partial charge is 0.350 e. The van der Waals surface area contributed by atoms with Crippen LogP contribution in [0.3, 0.4) is 0 Å². The second-order valence-electron chi connectivity index (χ2n) is 31.7. The number of ether oxygens (including phenoxy) is 7. The Hall–Kier alpha value is -7.55. The van der Waals surface area contributed by atoms with Crippen molar-refractivity contribution in [3.8, 4) is 0 Å². The van der Waals surface area contributed by atoms with Crippen molar-refractivity contribution in [2.45, 2.75) is 232 Å². The van der Waals surface area contributed by atoms with Gasteiger partial charge in [-0.1, -0.05) is 146 Å². The number of benzene rings is 3. The lowest BCUT2D eigenvalue weighted by Crippen LogP contribution is -2.82. The summed E-state index contributed by atoms with van der Waals surface area (Å²) in [7, 11) is 0. The number of carbonyl (C=O) groups excluding carboxylic acids is 9. The first-order valence-electron chi connectivity index (χ1n) is 36.2. The fourth-order valence-electron chi connectivity index (χ4n) is 19.9. The summed E-state index contributed by atoms with van der Waals surface area (Å²) in [5.74, 6) is -5.54. The summed E-state index contributed by atoms with van der Waals surface area (Å²) < 4.78 is 43.3. The maximum absolute atomic E-state index is 16.0. The fourth-order valence-corrected chi connectivity index (χ4v) is 19.9. The Morgan fingerprint density at radius 1 is 0.740 bits per heavy atom. The number of carbonyl (C=O) groups is 9. The lowest BCUT2D eigenvalue weighted by Gasteiger charge is -2.67. The first-order chi connectivity index (χ1) is 47.4. The van der Waals surface area contributed by atoms with Crippen LogP contribution in [0.1, 0.15) is 205 Å². The average Bonchev–Trinajstić information content (AvgIpc) is 0.738. The highest BCUT2D eigenvalue weighted by atomic mass is 16.6. The number of fused-ring (bicyclic) bond motifs is 10. The molecule has 20 nitrogen and oxygen atoms in total. The maximum atomic E-state index is 16.0. The number of esters is 6. The van der Waals surface area contributed by atoms with Gasteiger partial charge in [0.05, 0.1) is 36.0 Å². The van der Waals surface area contributed by atoms with Crippen LogP contribution in [0.15, 0.2) is 114 Å². The lowest BCUT2D eigenvalue weighted by atomic mass is 9.44. The molecule has 8 aliphatic rings. The molecule has 0 spiro atoms. The van der Waals surface area contributed by atoms with E-state index < -0.39 is 150 Å². The van der Waals surface area contributed by atoms with Crippen LogP contribution < -0.4 is 10.6 Å². The Bertz CT molecular complexity index is 3660. The molecule has 20 heteroatoms. The quantitative estimate of drug-likeness (QED) is 0.0413. The molecule has 0 aromatic heterocycles. The number of hydrogen-bond acceptors (Lipinski definition) is 18. The highest BCUT2D eigenvalue weighted by Gasteiger charge is 2.78. The summed E-state index contributed by atoms with van der Waals surface area (Å²) in [5.41, 5.74) is -6.10. The van der Waals surface area contributed by atoms with Crippen molar-refractivity contribution < 1.29 is 86.5 Å². The van der Waals surface area contributed by atoms with E-state index >= 15 is 9.59 Å². The van der Waals surface area contributed by atoms with Crippen molar-refractivity contribution >= 4 is 53.4 Å². The number of ketones is 1. The number of aliphatic hydroxyl groups is 2. The Morgan fingerprint density at radius 3 is 2.05 bits per heavy atom. The van der Waals surface area contributed by atoms with Crippen molar-refractivity contribution in [3.05, 3.63) is 130 Å². The highest BCUT2D eigenvalue weighted by molar-refractivity contribution is 5.97. The van der Waals surface area contributed by atoms with Gasteiger partial charge in [0, 0.05) is 50.5 Å². The number of amides is 2. The van der Waals surface area contributed by atoms with Crippen LogP contribution in [0.2, 0.25) is 0 Å². The third-order valence-corrected chi connectivity index (χ3v) is 25.3. The molecule has 3 aromatic carbocycles. The van der Waals surface area contributed by atoms with Gasteiger partial charge >= 0.3 is 35.8 Å². The van der Waals surface area contributed by atoms with Gasteiger partial charge in [0.25, 0.3) is 5.91 Å². The third-order valence-electron chi connectivity index (χ3n) is 25.3. The van der Waals surface area contributed by atoms with E-state index in [0.29, 0.717) is 36.0 Å². The molecule has 11 rings (SSSR count). The number of hydrogen-bond donors (Lipinski definition) is 4. The topological polar surface area (TPSA) is 283 Å². The largest absolute Gasteiger partial charge is 0.461 e. The van der Waals surface area contributed by atoms with Gasteiger partial charge in [-0.3, -0.25) is 33.6 Å². The van der Waals surface area contributed by atoms with Crippen LogP contribution >= 0.6 is 0 Å². The lowest BCUT2D eigenvalue weighted by molar-refractivity contribution is -0.346. The van der Waals surface area contributed by atoms with E-state index in [1.54, 1.807) is 66.7 Å². The summed E-state index contributed by atoms with van der Waals surface area (Å²) in [4.78, 5) is 129. The van der Waals surface area contributed by atoms with Gasteiger partial charge < -0.3 is 54.0 Å². The second kappa shape index (κ2) is 29.1. The summed E-state index contributed by atoms with van der Waals surface area (Å²) in [6.45, 7) is 19.5. The number of Topliss-reactive ketones (excluding diaryl/α,β-unsaturated/α-hetero) is 1. The number of allylic oxidation sites excluding steroid dienone is 1. The van der Waals surface area contributed by atoms with Crippen molar-refractivity contribution in [3.63, 3.8) is 0 Å². The second-order valence-corrected chi connectivity index (χ2v) is 31.7. The molecule has 5 saturated carbocycles. The molecule has 1 aliphatic heterocycles. The van der Waals surface area contributed by atoms with E-state index in [1.807, 2.05) is 0 Å². The molecule has 6 fully saturated rings. The van der Waals surface area contributed by atoms with Crippen LogP contribution in [-0.4, -0.2) is 131 Å². The Labute approximate surface area is 587 Å². The highest BCUT2D eigenvalue weighted by Crippen LogP contribution is 2.68. The normalized spacial score (nSPS) is 33.9. The van der Waals surface area contributed by atoms with Gasteiger partial charge in [-0.2, -0.15) is 0 Å². The molecule has 540 valence electrons. The zero-order valence-corrected chi connectivity index (χ0v) is 59.8. The molecule has 4 N–H and O–H groups in total. The van der Waals surface area contributed by atoms with E-state index in [9.17, 15) is 43.8 Å². The monoisotopic (exact) mass is 1380 g/mol. The van der Waals surface area contributed by atoms with Crippen LogP contribution in [0.5, 0.6) is 0 Å². The zero-order chi connectivity index (χ0) is 72.0. The molecule has 2 amide bonds. The zero-order valence-electron chi connectivity index (χ0n) is 59.8. The number of nitrogens with one attached hydrogen (secondary N) is 2. The van der Waals surface area contributed by atoms with Crippen LogP contribution in [-0.2, 0) is 66.7 Å². The standard InChI is InChI=1S/C80H102N2O18/c1-45(2)22-21-23-46(3)56-32-33-57-55-31-30-53-40-54(36-38-76(53,9)58(55)37-39-77(56,57)10)96-64(88)43-81-62(86)34-35-63(87)98-68(66(50-24-15-12-16-25-50)82-72(90)51-26-17-13-18-27-51)74(92)97-59-42-80(93)71(99-73(91)52-28-19-14-20-29-52)69-78(11,60(85)41-61-79(69,44-94-61)100-49(6)84)70(89)67(95-48(5)83)65(47(59)4)75(80,7)8/h12-20,24-30,45-46,54-61,66-69,71,85,93H,21-23,31-44H2,1-11H3,(H,81,86)(H,82,90)/t46-,54+,55?,56-,57?,58?,59+,60+,61-,66+,67-,68?,69+,71+,76+,77-,78-,79+,80-/m1/s1. The summed E-state index contributed by atoms with van der Waals surface area (Å²) in [5, 5.41) is 32.0. The molecular formula is C80H102N2O18. The Balaban J connectivity index is 0.830. The van der Waals surface area contributed by atoms with Gasteiger partial charge in [-0.25, -0.2) is 9.59 Å². The minimum Gasteiger partial charge on any atom is -0.461 e. The van der Waals surface area contributed by atoms with Crippen LogP contribution in [0.25, 0.3) is 0 Å². The molecule has 3 aromatic rings. The summed E-state index contributed by atoms with van der Waals surface area (Å²) in [6, 6.07) is 22.4. The van der Waals surface area contributed by atoms with Gasteiger partial charge in [-0.05, 0) is 146 Å². The van der Waals surface area contributed by atoms with Crippen LogP contribution in [0.4, 0.5) is 0 Å². The van der Waals surface area contributed by atoms with Crippen molar-refractivity contribution in [1.29, 1.82) is 0 Å². The number of aliphatic hydroxyl groups excluding tert-OH is 1. The van der Waals surface area contributed by atoms with Gasteiger partial charge in [0.1, 0.15) is 42.6 Å². The predicted molar refractivity (Wildman–Crippen MR) is 367 cm³/mol. The van der Waals surface area contributed by atoms with Crippen molar-refractivity contribution in [1.82, 2.24) is 10.6 Å². The molecule has 7 aliphatic carbocycles. The van der Waals surface area contributed by atoms with E-state index in [0.717, 1.165) is 44.4 Å².